The number of hydrogen-bond donors (Lipinski definition) is 0. The van der Waals surface area contributed by atoms with E-state index in [1.165, 1.54) is 18.2 Å². The molecule has 31 heavy (non-hydrogen) atoms. The predicted octanol–water partition coefficient (Wildman–Crippen LogP) is 7.18. The Morgan fingerprint density at radius 3 is 2.10 bits per heavy atom. The van der Waals surface area contributed by atoms with E-state index in [0.717, 1.165) is 63.0 Å². The normalized spacial score (nSPS) is 27.3. The van der Waals surface area contributed by atoms with Crippen LogP contribution in [0.5, 0.6) is 0 Å². The van der Waals surface area contributed by atoms with Crippen molar-refractivity contribution in [3.05, 3.63) is 59.4 Å². The summed E-state index contributed by atoms with van der Waals surface area (Å²) in [4.78, 5) is 0. The van der Waals surface area contributed by atoms with Crippen LogP contribution in [-0.4, -0.2) is 19.5 Å². The lowest BCUT2D eigenvalue weighted by Gasteiger charge is -2.37. The Balaban J connectivity index is 1.38. The average molecular weight is 436 g/mol. The molecule has 0 radical (unpaired) electrons. The Morgan fingerprint density at radius 1 is 0.903 bits per heavy atom. The second-order valence-corrected chi connectivity index (χ2v) is 8.74. The number of benzene rings is 2. The first-order valence-electron chi connectivity index (χ1n) is 11.1. The van der Waals surface area contributed by atoms with Crippen molar-refractivity contribution in [1.82, 2.24) is 0 Å². The molecule has 0 amide bonds. The van der Waals surface area contributed by atoms with Gasteiger partial charge in [-0.3, -0.25) is 0 Å². The minimum atomic E-state index is -4.40. The minimum Gasteiger partial charge on any atom is -0.352 e. The van der Waals surface area contributed by atoms with Crippen molar-refractivity contribution in [2.45, 2.75) is 57.4 Å². The molecule has 4 rings (SSSR count). The zero-order valence-electron chi connectivity index (χ0n) is 17.6. The lowest BCUT2D eigenvalue weighted by atomic mass is 9.78. The van der Waals surface area contributed by atoms with Crippen LogP contribution in [-0.2, 0) is 15.7 Å². The molecule has 1 saturated carbocycles. The molecule has 2 fully saturated rings. The van der Waals surface area contributed by atoms with Crippen molar-refractivity contribution in [1.29, 1.82) is 0 Å². The van der Waals surface area contributed by atoms with Gasteiger partial charge in [0.15, 0.2) is 6.29 Å². The summed E-state index contributed by atoms with van der Waals surface area (Å²) in [5.41, 5.74) is 0.975. The summed E-state index contributed by atoms with van der Waals surface area (Å²) < 4.78 is 64.9. The lowest BCUT2D eigenvalue weighted by Crippen LogP contribution is -2.38. The van der Waals surface area contributed by atoms with Crippen LogP contribution in [0.15, 0.2) is 42.5 Å². The Bertz CT molecular complexity index is 862. The number of alkyl halides is 3. The number of rotatable bonds is 4. The fourth-order valence-electron chi connectivity index (χ4n) is 4.65. The van der Waals surface area contributed by atoms with Crippen LogP contribution in [0, 0.1) is 17.7 Å². The number of halogens is 4. The quantitative estimate of drug-likeness (QED) is 0.473. The monoisotopic (exact) mass is 436 g/mol. The van der Waals surface area contributed by atoms with Crippen LogP contribution in [0.25, 0.3) is 11.1 Å². The molecule has 1 aliphatic carbocycles. The molecule has 0 bridgehead atoms. The van der Waals surface area contributed by atoms with E-state index in [4.69, 9.17) is 9.47 Å². The second-order valence-electron chi connectivity index (χ2n) is 8.74. The van der Waals surface area contributed by atoms with Gasteiger partial charge in [-0.2, -0.15) is 13.2 Å². The summed E-state index contributed by atoms with van der Waals surface area (Å²) >= 11 is 0. The molecule has 1 heterocycles. The van der Waals surface area contributed by atoms with Gasteiger partial charge in [-0.05, 0) is 67.3 Å². The van der Waals surface area contributed by atoms with Gasteiger partial charge >= 0.3 is 6.18 Å². The van der Waals surface area contributed by atoms with Crippen molar-refractivity contribution in [3.8, 4) is 11.1 Å². The summed E-state index contributed by atoms with van der Waals surface area (Å²) in [5, 5.41) is 0. The highest BCUT2D eigenvalue weighted by Crippen LogP contribution is 2.40. The summed E-state index contributed by atoms with van der Waals surface area (Å²) in [6.45, 7) is 3.67. The van der Waals surface area contributed by atoms with Crippen molar-refractivity contribution in [2.75, 3.05) is 13.2 Å². The highest BCUT2D eigenvalue weighted by Gasteiger charge is 2.33. The van der Waals surface area contributed by atoms with E-state index in [1.54, 1.807) is 6.07 Å². The standard InChI is InChI=1S/C25H28F4O2/c1-2-16-14-30-24(31-15-16)19-5-3-17(4-6-19)20-9-12-22(23(26)13-20)18-7-10-21(11-8-18)25(27,28)29/h7-13,16-17,19,24H,2-6,14-15H2,1H3. The molecule has 0 N–H and O–H groups in total. The van der Waals surface area contributed by atoms with Crippen LogP contribution in [0.4, 0.5) is 17.6 Å². The van der Waals surface area contributed by atoms with Gasteiger partial charge in [0.25, 0.3) is 0 Å². The van der Waals surface area contributed by atoms with Gasteiger partial charge in [0, 0.05) is 17.4 Å². The predicted molar refractivity (Wildman–Crippen MR) is 111 cm³/mol. The van der Waals surface area contributed by atoms with E-state index >= 15 is 0 Å². The highest BCUT2D eigenvalue weighted by molar-refractivity contribution is 5.65. The smallest absolute Gasteiger partial charge is 0.352 e. The number of hydrogen-bond acceptors (Lipinski definition) is 2. The van der Waals surface area contributed by atoms with Gasteiger partial charge in [0.1, 0.15) is 5.82 Å². The largest absolute Gasteiger partial charge is 0.416 e. The maximum atomic E-state index is 14.8. The molecule has 168 valence electrons. The zero-order valence-corrected chi connectivity index (χ0v) is 17.6. The zero-order chi connectivity index (χ0) is 22.0. The number of ether oxygens (including phenoxy) is 2. The van der Waals surface area contributed by atoms with Gasteiger partial charge < -0.3 is 9.47 Å². The summed E-state index contributed by atoms with van der Waals surface area (Å²) in [6.07, 6.45) is 0.401. The summed E-state index contributed by atoms with van der Waals surface area (Å²) in [7, 11) is 0. The molecule has 2 nitrogen and oxygen atoms in total. The van der Waals surface area contributed by atoms with Crippen molar-refractivity contribution >= 4 is 0 Å². The molecular weight excluding hydrogens is 408 g/mol. The maximum Gasteiger partial charge on any atom is 0.416 e. The Morgan fingerprint density at radius 2 is 1.55 bits per heavy atom. The summed E-state index contributed by atoms with van der Waals surface area (Å²) in [5.74, 6) is 0.743. The molecule has 0 spiro atoms. The third-order valence-corrected chi connectivity index (χ3v) is 6.71. The maximum absolute atomic E-state index is 14.8. The third-order valence-electron chi connectivity index (χ3n) is 6.71. The van der Waals surface area contributed by atoms with E-state index < -0.39 is 17.6 Å². The molecule has 6 heteroatoms. The van der Waals surface area contributed by atoms with Crippen molar-refractivity contribution in [2.24, 2.45) is 11.8 Å². The molecule has 0 atom stereocenters. The lowest BCUT2D eigenvalue weighted by molar-refractivity contribution is -0.228. The minimum absolute atomic E-state index is 0.123. The van der Waals surface area contributed by atoms with Crippen molar-refractivity contribution in [3.63, 3.8) is 0 Å². The molecule has 0 unspecified atom stereocenters. The molecule has 0 aromatic heterocycles. The SMILES string of the molecule is CCC1COC(C2CCC(c3ccc(-c4ccc(C(F)(F)F)cc4)c(F)c3)CC2)OC1. The van der Waals surface area contributed by atoms with E-state index in [-0.39, 0.29) is 12.2 Å². The first-order chi connectivity index (χ1) is 14.8. The second kappa shape index (κ2) is 9.29. The first kappa shape index (κ1) is 22.3. The van der Waals surface area contributed by atoms with Crippen LogP contribution in [0.3, 0.4) is 0 Å². The van der Waals surface area contributed by atoms with Crippen molar-refractivity contribution < 1.29 is 27.0 Å². The Kier molecular flexibility index (Phi) is 6.68. The van der Waals surface area contributed by atoms with Gasteiger partial charge in [-0.15, -0.1) is 0 Å². The fourth-order valence-corrected chi connectivity index (χ4v) is 4.65. The Labute approximate surface area is 180 Å². The van der Waals surface area contributed by atoms with Gasteiger partial charge in [0.2, 0.25) is 0 Å². The molecule has 1 saturated heterocycles. The molecule has 2 aliphatic rings. The van der Waals surface area contributed by atoms with E-state index in [1.807, 2.05) is 6.07 Å². The van der Waals surface area contributed by atoms with E-state index in [0.29, 0.717) is 23.0 Å². The summed E-state index contributed by atoms with van der Waals surface area (Å²) in [6, 6.07) is 9.73. The van der Waals surface area contributed by atoms with Crippen LogP contribution in [0.1, 0.15) is 56.1 Å². The molecule has 2 aromatic rings. The van der Waals surface area contributed by atoms with Gasteiger partial charge in [-0.1, -0.05) is 31.2 Å². The van der Waals surface area contributed by atoms with Crippen LogP contribution < -0.4 is 0 Å². The van der Waals surface area contributed by atoms with Crippen LogP contribution >= 0.6 is 0 Å². The van der Waals surface area contributed by atoms with E-state index in [2.05, 4.69) is 6.92 Å². The molecule has 1 aliphatic heterocycles. The van der Waals surface area contributed by atoms with Gasteiger partial charge in [0.05, 0.1) is 18.8 Å². The van der Waals surface area contributed by atoms with Gasteiger partial charge in [-0.25, -0.2) is 4.39 Å². The topological polar surface area (TPSA) is 18.5 Å². The average Bonchev–Trinajstić information content (AvgIpc) is 2.79. The first-order valence-corrected chi connectivity index (χ1v) is 11.1. The molecular formula is C25H28F4O2. The third kappa shape index (κ3) is 5.12. The highest BCUT2D eigenvalue weighted by atomic mass is 19.4. The fraction of sp³-hybridized carbons (Fsp3) is 0.520. The Hall–Kier alpha value is -1.92. The van der Waals surface area contributed by atoms with E-state index in [9.17, 15) is 17.6 Å². The molecule has 2 aromatic carbocycles. The van der Waals surface area contributed by atoms with Crippen LogP contribution in [0.2, 0.25) is 0 Å².